The molecule has 0 radical (unpaired) electrons. The number of sulfone groups is 1. The van der Waals surface area contributed by atoms with Crippen LogP contribution in [-0.4, -0.2) is 27.0 Å². The lowest BCUT2D eigenvalue weighted by Gasteiger charge is -2.18. The number of nitrogens with one attached hydrogen (secondary N) is 1. The van der Waals surface area contributed by atoms with Crippen LogP contribution in [0.2, 0.25) is 0 Å². The Bertz CT molecular complexity index is 488. The third kappa shape index (κ3) is 4.05. The molecule has 6 heteroatoms. The van der Waals surface area contributed by atoms with Crippen molar-refractivity contribution in [3.8, 4) is 0 Å². The predicted octanol–water partition coefficient (Wildman–Crippen LogP) is 1.66. The first-order valence-corrected chi connectivity index (χ1v) is 7.26. The molecule has 1 aromatic carbocycles. The maximum atomic E-state index is 13.5. The zero-order valence-electron chi connectivity index (χ0n) is 9.70. The summed E-state index contributed by atoms with van der Waals surface area (Å²) in [4.78, 5) is 0. The Morgan fingerprint density at radius 2 is 2.00 bits per heavy atom. The molecule has 0 spiro atoms. The molecule has 0 aliphatic carbocycles. The lowest BCUT2D eigenvalue weighted by atomic mass is 10.1. The van der Waals surface area contributed by atoms with E-state index in [0.717, 1.165) is 12.3 Å². The summed E-state index contributed by atoms with van der Waals surface area (Å²) in [6.07, 6.45) is 1.06. The van der Waals surface area contributed by atoms with E-state index in [0.29, 0.717) is 6.54 Å². The van der Waals surface area contributed by atoms with Crippen LogP contribution in [0, 0.1) is 11.6 Å². The third-order valence-electron chi connectivity index (χ3n) is 2.28. The molecule has 0 saturated carbocycles. The van der Waals surface area contributed by atoms with E-state index in [-0.39, 0.29) is 11.3 Å². The van der Waals surface area contributed by atoms with Gasteiger partial charge in [-0.2, -0.15) is 0 Å². The molecular weight excluding hydrogens is 248 g/mol. The fourth-order valence-electron chi connectivity index (χ4n) is 1.60. The summed E-state index contributed by atoms with van der Waals surface area (Å²) in [7, 11) is -3.27. The van der Waals surface area contributed by atoms with Gasteiger partial charge in [-0.25, -0.2) is 17.2 Å². The highest BCUT2D eigenvalue weighted by Gasteiger charge is 2.21. The summed E-state index contributed by atoms with van der Waals surface area (Å²) in [5, 5.41) is 2.84. The van der Waals surface area contributed by atoms with E-state index >= 15 is 0 Å². The van der Waals surface area contributed by atoms with E-state index in [9.17, 15) is 17.2 Å². The maximum Gasteiger partial charge on any atom is 0.163 e. The second-order valence-electron chi connectivity index (χ2n) is 3.85. The Morgan fingerprint density at radius 1 is 1.35 bits per heavy atom. The van der Waals surface area contributed by atoms with E-state index in [1.807, 2.05) is 0 Å². The smallest absolute Gasteiger partial charge is 0.163 e. The molecule has 0 aromatic heterocycles. The van der Waals surface area contributed by atoms with E-state index in [4.69, 9.17) is 0 Å². The second kappa shape index (κ2) is 5.55. The van der Waals surface area contributed by atoms with Crippen molar-refractivity contribution >= 4 is 9.84 Å². The van der Waals surface area contributed by atoms with Crippen molar-refractivity contribution in [2.45, 2.75) is 13.0 Å². The number of hydrogen-bond donors (Lipinski definition) is 1. The molecular formula is C11H15F2NO2S. The molecule has 1 aromatic rings. The van der Waals surface area contributed by atoms with Gasteiger partial charge in [0.25, 0.3) is 0 Å². The molecule has 0 aliphatic rings. The van der Waals surface area contributed by atoms with Crippen LogP contribution in [0.5, 0.6) is 0 Å². The summed E-state index contributed by atoms with van der Waals surface area (Å²) >= 11 is 0. The fraction of sp³-hybridized carbons (Fsp3) is 0.455. The van der Waals surface area contributed by atoms with Crippen molar-refractivity contribution in [3.05, 3.63) is 35.4 Å². The number of halogens is 2. The number of benzene rings is 1. The van der Waals surface area contributed by atoms with Gasteiger partial charge in [-0.05, 0) is 12.6 Å². The molecule has 17 heavy (non-hydrogen) atoms. The van der Waals surface area contributed by atoms with Crippen LogP contribution >= 0.6 is 0 Å². The normalized spacial score (nSPS) is 13.6. The van der Waals surface area contributed by atoms with Crippen LogP contribution < -0.4 is 5.32 Å². The molecule has 0 heterocycles. The van der Waals surface area contributed by atoms with Gasteiger partial charge in [0, 0.05) is 17.9 Å². The molecule has 0 fully saturated rings. The average Bonchev–Trinajstić information content (AvgIpc) is 2.19. The summed E-state index contributed by atoms with van der Waals surface area (Å²) in [5.74, 6) is -2.23. The summed E-state index contributed by atoms with van der Waals surface area (Å²) in [6, 6.07) is 3.02. The molecule has 1 N–H and O–H groups in total. The second-order valence-corrected chi connectivity index (χ2v) is 6.03. The molecule has 1 atom stereocenters. The van der Waals surface area contributed by atoms with Crippen molar-refractivity contribution in [2.24, 2.45) is 0 Å². The molecule has 96 valence electrons. The van der Waals surface area contributed by atoms with Crippen molar-refractivity contribution in [3.63, 3.8) is 0 Å². The van der Waals surface area contributed by atoms with E-state index in [1.54, 1.807) is 6.92 Å². The third-order valence-corrected chi connectivity index (χ3v) is 3.22. The summed E-state index contributed by atoms with van der Waals surface area (Å²) in [6.45, 7) is 2.24. The molecule has 1 rings (SSSR count). The quantitative estimate of drug-likeness (QED) is 0.879. The van der Waals surface area contributed by atoms with Crippen molar-refractivity contribution in [1.82, 2.24) is 5.32 Å². The molecule has 0 bridgehead atoms. The van der Waals surface area contributed by atoms with Crippen LogP contribution in [0.4, 0.5) is 8.78 Å². The van der Waals surface area contributed by atoms with Crippen molar-refractivity contribution < 1.29 is 17.2 Å². The highest BCUT2D eigenvalue weighted by molar-refractivity contribution is 7.90. The van der Waals surface area contributed by atoms with Gasteiger partial charge >= 0.3 is 0 Å². The first kappa shape index (κ1) is 14.1. The topological polar surface area (TPSA) is 46.2 Å². The predicted molar refractivity (Wildman–Crippen MR) is 62.5 cm³/mol. The Hall–Kier alpha value is -1.01. The minimum Gasteiger partial charge on any atom is -0.309 e. The van der Waals surface area contributed by atoms with Crippen LogP contribution in [0.15, 0.2) is 18.2 Å². The molecule has 0 aliphatic heterocycles. The SMILES string of the molecule is CCNC(CS(C)(=O)=O)c1cccc(F)c1F. The number of rotatable bonds is 5. The van der Waals surface area contributed by atoms with Crippen LogP contribution in [0.1, 0.15) is 18.5 Å². The zero-order valence-corrected chi connectivity index (χ0v) is 10.5. The van der Waals surface area contributed by atoms with Gasteiger partial charge in [0.15, 0.2) is 11.6 Å². The van der Waals surface area contributed by atoms with Gasteiger partial charge in [0.2, 0.25) is 0 Å². The fourth-order valence-corrected chi connectivity index (χ4v) is 2.50. The first-order chi connectivity index (χ1) is 7.85. The summed E-state index contributed by atoms with van der Waals surface area (Å²) < 4.78 is 49.1. The largest absolute Gasteiger partial charge is 0.309 e. The average molecular weight is 263 g/mol. The van der Waals surface area contributed by atoms with Crippen LogP contribution in [0.25, 0.3) is 0 Å². The highest BCUT2D eigenvalue weighted by Crippen LogP contribution is 2.20. The minimum atomic E-state index is -3.27. The first-order valence-electron chi connectivity index (χ1n) is 5.20. The lowest BCUT2D eigenvalue weighted by molar-refractivity contribution is 0.475. The Balaban J connectivity index is 3.09. The van der Waals surface area contributed by atoms with E-state index < -0.39 is 27.5 Å². The van der Waals surface area contributed by atoms with E-state index in [2.05, 4.69) is 5.32 Å². The van der Waals surface area contributed by atoms with Gasteiger partial charge in [0.1, 0.15) is 9.84 Å². The Labute approximate surface area is 99.8 Å². The highest BCUT2D eigenvalue weighted by atomic mass is 32.2. The van der Waals surface area contributed by atoms with Gasteiger partial charge in [-0.15, -0.1) is 0 Å². The van der Waals surface area contributed by atoms with E-state index in [1.165, 1.54) is 12.1 Å². The Kier molecular flexibility index (Phi) is 4.59. The molecule has 0 saturated heterocycles. The number of hydrogen-bond acceptors (Lipinski definition) is 3. The van der Waals surface area contributed by atoms with Crippen molar-refractivity contribution in [2.75, 3.05) is 18.6 Å². The zero-order chi connectivity index (χ0) is 13.1. The standard InChI is InChI=1S/C11H15F2NO2S/c1-3-14-10(7-17(2,15)16)8-5-4-6-9(12)11(8)13/h4-6,10,14H,3,7H2,1-2H3. The monoisotopic (exact) mass is 263 g/mol. The molecule has 0 amide bonds. The summed E-state index contributed by atoms with van der Waals surface area (Å²) in [5.41, 5.74) is 0.0391. The minimum absolute atomic E-state index is 0.0391. The van der Waals surface area contributed by atoms with Gasteiger partial charge < -0.3 is 5.32 Å². The van der Waals surface area contributed by atoms with Crippen LogP contribution in [0.3, 0.4) is 0 Å². The van der Waals surface area contributed by atoms with Gasteiger partial charge in [0.05, 0.1) is 5.75 Å². The van der Waals surface area contributed by atoms with Crippen LogP contribution in [-0.2, 0) is 9.84 Å². The Morgan fingerprint density at radius 3 is 2.53 bits per heavy atom. The van der Waals surface area contributed by atoms with Gasteiger partial charge in [-0.3, -0.25) is 0 Å². The lowest BCUT2D eigenvalue weighted by Crippen LogP contribution is -2.28. The maximum absolute atomic E-state index is 13.5. The molecule has 3 nitrogen and oxygen atoms in total. The molecule has 1 unspecified atom stereocenters. The van der Waals surface area contributed by atoms with Crippen molar-refractivity contribution in [1.29, 1.82) is 0 Å². The van der Waals surface area contributed by atoms with Gasteiger partial charge in [-0.1, -0.05) is 19.1 Å².